The fraction of sp³-hybridized carbons (Fsp3) is 0.273. The number of rotatable bonds is 5. The molecule has 0 aliphatic carbocycles. The van der Waals surface area contributed by atoms with E-state index in [0.29, 0.717) is 24.5 Å². The first-order valence-corrected chi connectivity index (χ1v) is 9.14. The van der Waals surface area contributed by atoms with Crippen molar-refractivity contribution in [3.05, 3.63) is 64.9 Å². The number of nitrogens with zero attached hydrogens (tertiary/aromatic N) is 2. The van der Waals surface area contributed by atoms with Gasteiger partial charge in [-0.3, -0.25) is 19.4 Å². The summed E-state index contributed by atoms with van der Waals surface area (Å²) in [4.78, 5) is 28.4. The zero-order chi connectivity index (χ0) is 19.1. The molecule has 2 heterocycles. The van der Waals surface area contributed by atoms with E-state index in [1.165, 1.54) is 0 Å². The molecule has 2 aromatic carbocycles. The Labute approximate surface area is 158 Å². The van der Waals surface area contributed by atoms with Crippen LogP contribution in [0, 0.1) is 6.92 Å². The molecule has 1 amide bonds. The molecule has 0 bridgehead atoms. The first kappa shape index (κ1) is 17.5. The number of furan rings is 1. The maximum atomic E-state index is 12.5. The minimum absolute atomic E-state index is 0.350. The van der Waals surface area contributed by atoms with Crippen LogP contribution >= 0.6 is 0 Å². The standard InChI is InChI=1S/C22H22N2O3/c1-4-19-17(15-7-5-6-8-20(15)27-19)12-23(3)13-24-18-10-9-14(2)11-16(18)21(25)22(24)26/h5-11H,4,12-13H2,1-3H3. The molecule has 0 N–H and O–H groups in total. The Morgan fingerprint density at radius 1 is 1.11 bits per heavy atom. The molecule has 3 aromatic rings. The number of aryl methyl sites for hydroxylation is 2. The molecule has 0 atom stereocenters. The van der Waals surface area contributed by atoms with Crippen molar-refractivity contribution < 1.29 is 14.0 Å². The zero-order valence-corrected chi connectivity index (χ0v) is 15.8. The predicted octanol–water partition coefficient (Wildman–Crippen LogP) is 3.92. The van der Waals surface area contributed by atoms with Gasteiger partial charge in [-0.2, -0.15) is 0 Å². The summed E-state index contributed by atoms with van der Waals surface area (Å²) in [5, 5.41) is 1.10. The van der Waals surface area contributed by atoms with Crippen molar-refractivity contribution >= 4 is 28.3 Å². The van der Waals surface area contributed by atoms with Crippen LogP contribution in [0.2, 0.25) is 0 Å². The van der Waals surface area contributed by atoms with Gasteiger partial charge in [-0.25, -0.2) is 0 Å². The van der Waals surface area contributed by atoms with Crippen LogP contribution in [-0.2, 0) is 17.8 Å². The van der Waals surface area contributed by atoms with Crippen LogP contribution < -0.4 is 4.90 Å². The number of hydrogen-bond donors (Lipinski definition) is 0. The van der Waals surface area contributed by atoms with Crippen molar-refractivity contribution in [2.75, 3.05) is 18.6 Å². The number of carbonyl (C=O) groups excluding carboxylic acids is 2. The van der Waals surface area contributed by atoms with Gasteiger partial charge in [0.05, 0.1) is 17.9 Å². The Morgan fingerprint density at radius 3 is 2.67 bits per heavy atom. The van der Waals surface area contributed by atoms with Gasteiger partial charge in [-0.15, -0.1) is 0 Å². The average Bonchev–Trinajstić information content (AvgIpc) is 3.12. The molecule has 1 aliphatic rings. The van der Waals surface area contributed by atoms with Crippen LogP contribution in [-0.4, -0.2) is 30.3 Å². The van der Waals surface area contributed by atoms with E-state index < -0.39 is 11.7 Å². The van der Waals surface area contributed by atoms with E-state index in [9.17, 15) is 9.59 Å². The lowest BCUT2D eigenvalue weighted by molar-refractivity contribution is -0.114. The average molecular weight is 362 g/mol. The Balaban J connectivity index is 1.60. The second kappa shape index (κ2) is 6.67. The molecule has 0 saturated carbocycles. The summed E-state index contributed by atoms with van der Waals surface area (Å²) in [6.45, 7) is 4.98. The Hall–Kier alpha value is -2.92. The summed E-state index contributed by atoms with van der Waals surface area (Å²) in [5.74, 6) is 0.0724. The van der Waals surface area contributed by atoms with Gasteiger partial charge in [0.15, 0.2) is 0 Å². The van der Waals surface area contributed by atoms with E-state index in [-0.39, 0.29) is 0 Å². The van der Waals surface area contributed by atoms with Gasteiger partial charge in [0.2, 0.25) is 0 Å². The molecule has 1 aromatic heterocycles. The van der Waals surface area contributed by atoms with Crippen molar-refractivity contribution in [2.45, 2.75) is 26.8 Å². The summed E-state index contributed by atoms with van der Waals surface area (Å²) in [6.07, 6.45) is 0.807. The third-order valence-corrected chi connectivity index (χ3v) is 5.04. The minimum Gasteiger partial charge on any atom is -0.461 e. The molecule has 0 radical (unpaired) electrons. The molecule has 27 heavy (non-hydrogen) atoms. The number of fused-ring (bicyclic) bond motifs is 2. The Bertz CT molecular complexity index is 1050. The first-order valence-electron chi connectivity index (χ1n) is 9.14. The minimum atomic E-state index is -0.463. The molecule has 0 unspecified atom stereocenters. The van der Waals surface area contributed by atoms with E-state index in [0.717, 1.165) is 34.3 Å². The van der Waals surface area contributed by atoms with Crippen molar-refractivity contribution in [3.63, 3.8) is 0 Å². The van der Waals surface area contributed by atoms with Gasteiger partial charge in [0, 0.05) is 23.9 Å². The van der Waals surface area contributed by atoms with Gasteiger partial charge in [-0.1, -0.05) is 36.8 Å². The van der Waals surface area contributed by atoms with Crippen molar-refractivity contribution in [1.29, 1.82) is 0 Å². The summed E-state index contributed by atoms with van der Waals surface area (Å²) >= 11 is 0. The highest BCUT2D eigenvalue weighted by molar-refractivity contribution is 6.52. The van der Waals surface area contributed by atoms with Crippen LogP contribution in [0.5, 0.6) is 0 Å². The number of ketones is 1. The molecular weight excluding hydrogens is 340 g/mol. The lowest BCUT2D eigenvalue weighted by Crippen LogP contribution is -2.39. The smallest absolute Gasteiger partial charge is 0.300 e. The fourth-order valence-electron chi connectivity index (χ4n) is 3.72. The number of amides is 1. The van der Waals surface area contributed by atoms with Crippen LogP contribution in [0.15, 0.2) is 46.9 Å². The monoisotopic (exact) mass is 362 g/mol. The number of Topliss-reactive ketones (excluding diaryl/α,β-unsaturated/α-hetero) is 1. The van der Waals surface area contributed by atoms with Gasteiger partial charge in [0.1, 0.15) is 11.3 Å². The van der Waals surface area contributed by atoms with E-state index in [4.69, 9.17) is 4.42 Å². The van der Waals surface area contributed by atoms with Crippen molar-refractivity contribution in [3.8, 4) is 0 Å². The lowest BCUT2D eigenvalue weighted by Gasteiger charge is -2.24. The molecule has 4 rings (SSSR count). The third kappa shape index (κ3) is 2.94. The quantitative estimate of drug-likeness (QED) is 0.646. The van der Waals surface area contributed by atoms with Gasteiger partial charge < -0.3 is 4.42 Å². The summed E-state index contributed by atoms with van der Waals surface area (Å²) in [7, 11) is 1.95. The normalized spacial score (nSPS) is 13.9. The van der Waals surface area contributed by atoms with Gasteiger partial charge in [0.25, 0.3) is 5.78 Å². The summed E-state index contributed by atoms with van der Waals surface area (Å²) in [6, 6.07) is 13.6. The molecule has 1 aliphatic heterocycles. The number of carbonyl (C=O) groups is 2. The topological polar surface area (TPSA) is 53.8 Å². The molecule has 0 spiro atoms. The number of para-hydroxylation sites is 1. The molecule has 0 saturated heterocycles. The van der Waals surface area contributed by atoms with E-state index in [1.54, 1.807) is 11.0 Å². The van der Waals surface area contributed by atoms with Gasteiger partial charge >= 0.3 is 5.91 Å². The second-order valence-electron chi connectivity index (χ2n) is 7.09. The maximum absolute atomic E-state index is 12.5. The SMILES string of the molecule is CCc1oc2ccccc2c1CN(C)CN1C(=O)C(=O)c2cc(C)ccc21. The molecule has 138 valence electrons. The Morgan fingerprint density at radius 2 is 1.89 bits per heavy atom. The molecule has 5 nitrogen and oxygen atoms in total. The van der Waals surface area contributed by atoms with Crippen LogP contribution in [0.4, 0.5) is 5.69 Å². The lowest BCUT2D eigenvalue weighted by atomic mass is 10.1. The number of hydrogen-bond acceptors (Lipinski definition) is 4. The van der Waals surface area contributed by atoms with Crippen molar-refractivity contribution in [2.24, 2.45) is 0 Å². The van der Waals surface area contributed by atoms with Gasteiger partial charge in [-0.05, 0) is 32.2 Å². The molecule has 5 heteroatoms. The molecular formula is C22H22N2O3. The van der Waals surface area contributed by atoms with Crippen LogP contribution in [0.3, 0.4) is 0 Å². The number of benzene rings is 2. The molecule has 0 fully saturated rings. The highest BCUT2D eigenvalue weighted by atomic mass is 16.3. The summed E-state index contributed by atoms with van der Waals surface area (Å²) in [5.41, 5.74) is 4.18. The Kier molecular flexibility index (Phi) is 4.32. The van der Waals surface area contributed by atoms with E-state index >= 15 is 0 Å². The van der Waals surface area contributed by atoms with Crippen molar-refractivity contribution in [1.82, 2.24) is 4.90 Å². The third-order valence-electron chi connectivity index (χ3n) is 5.04. The zero-order valence-electron chi connectivity index (χ0n) is 15.8. The van der Waals surface area contributed by atoms with E-state index in [2.05, 4.69) is 13.0 Å². The van der Waals surface area contributed by atoms with Crippen LogP contribution in [0.25, 0.3) is 11.0 Å². The second-order valence-corrected chi connectivity index (χ2v) is 7.09. The predicted molar refractivity (Wildman–Crippen MR) is 105 cm³/mol. The largest absolute Gasteiger partial charge is 0.461 e. The van der Waals surface area contributed by atoms with Crippen LogP contribution in [0.1, 0.15) is 34.2 Å². The number of anilines is 1. The fourth-order valence-corrected chi connectivity index (χ4v) is 3.72. The highest BCUT2D eigenvalue weighted by Gasteiger charge is 2.36. The van der Waals surface area contributed by atoms with E-state index in [1.807, 2.05) is 49.2 Å². The maximum Gasteiger partial charge on any atom is 0.300 e. The first-order chi connectivity index (χ1) is 13.0. The highest BCUT2D eigenvalue weighted by Crippen LogP contribution is 2.31. The summed E-state index contributed by atoms with van der Waals surface area (Å²) < 4.78 is 5.97.